The molecule has 8 bridgehead atoms. The number of nitrogens with zero attached hydrogens (tertiary/aromatic N) is 2. The van der Waals surface area contributed by atoms with E-state index in [1.54, 1.807) is 0 Å². The Morgan fingerprint density at radius 3 is 0.759 bits per heavy atom. The summed E-state index contributed by atoms with van der Waals surface area (Å²) in [5, 5.41) is 10.4. The smallest absolute Gasteiger partial charge is 0.0745 e. The molecular formula is C82H116N4S. The maximum Gasteiger partial charge on any atom is 0.0745 e. The number of nitrogens with one attached hydrogen (secondary N) is 2. The van der Waals surface area contributed by atoms with Gasteiger partial charge in [-0.2, -0.15) is 11.3 Å². The summed E-state index contributed by atoms with van der Waals surface area (Å²) in [5.74, 6) is 0. The molecule has 0 saturated carbocycles. The molecule has 0 atom stereocenters. The van der Waals surface area contributed by atoms with Crippen molar-refractivity contribution < 1.29 is 0 Å². The first kappa shape index (κ1) is 66.4. The Morgan fingerprint density at radius 2 is 0.483 bits per heavy atom. The lowest BCUT2D eigenvalue weighted by Gasteiger charge is -2.14. The maximum absolute atomic E-state index is 6.11. The fourth-order valence-electron chi connectivity index (χ4n) is 14.8. The van der Waals surface area contributed by atoms with Gasteiger partial charge in [0.25, 0.3) is 0 Å². The van der Waals surface area contributed by atoms with E-state index in [1.165, 1.54) is 330 Å². The minimum Gasteiger partial charge on any atom is -0.354 e. The van der Waals surface area contributed by atoms with E-state index in [0.29, 0.717) is 0 Å². The molecule has 0 amide bonds. The van der Waals surface area contributed by atoms with Gasteiger partial charge in [-0.05, 0) is 135 Å². The van der Waals surface area contributed by atoms with Crippen molar-refractivity contribution in [3.05, 3.63) is 105 Å². The number of aryl methyl sites for hydroxylation is 6. The third-order valence-electron chi connectivity index (χ3n) is 19.9. The summed E-state index contributed by atoms with van der Waals surface area (Å²) >= 11 is 1.82. The molecule has 2 aliphatic heterocycles. The minimum atomic E-state index is 1.07. The second-order valence-electron chi connectivity index (χ2n) is 27.0. The van der Waals surface area contributed by atoms with Gasteiger partial charge in [0, 0.05) is 76.6 Å². The molecular weight excluding hydrogens is 1070 g/mol. The van der Waals surface area contributed by atoms with Crippen molar-refractivity contribution >= 4 is 54.9 Å². The second-order valence-corrected chi connectivity index (χ2v) is 27.7. The summed E-state index contributed by atoms with van der Waals surface area (Å²) < 4.78 is 0. The molecule has 2 N–H and O–H groups in total. The van der Waals surface area contributed by atoms with E-state index in [9.17, 15) is 0 Å². The maximum atomic E-state index is 6.11. The molecule has 7 aromatic rings. The number of hydrogen-bond acceptors (Lipinski definition) is 3. The van der Waals surface area contributed by atoms with Crippen molar-refractivity contribution in [2.45, 2.75) is 311 Å². The van der Waals surface area contributed by atoms with Crippen LogP contribution in [-0.4, -0.2) is 19.9 Å². The van der Waals surface area contributed by atoms with Crippen LogP contribution in [0, 0.1) is 0 Å². The van der Waals surface area contributed by atoms with Gasteiger partial charge in [-0.25, -0.2) is 9.97 Å². The van der Waals surface area contributed by atoms with Crippen molar-refractivity contribution in [2.75, 3.05) is 0 Å². The van der Waals surface area contributed by atoms with Gasteiger partial charge in [-0.3, -0.25) is 0 Å². The standard InChI is InChI=1S/C82H116N4S/c1-7-13-19-25-31-37-43-61-49-51-63(45-39-33-27-21-15-9-3)79-73-57-75-81-65(47-41-35-29-23-17-11-5)53-54-66(48-42-36-30-24-18-12-6)82(81)76(86-75)58-74-80-64(46-40-34-28-22-16-10-4)52-50-62(44-38-32-26-20-14-8-2)78(80)72(85-74)56-70-68-60-87-59-67(68)69(83-70)55-71(84-73)77(61)79/h49-60,84-85H,7-48H2,1-6H3. The summed E-state index contributed by atoms with van der Waals surface area (Å²) in [6.07, 6.45) is 53.2. The predicted octanol–water partition coefficient (Wildman–Crippen LogP) is 26.8. The third-order valence-corrected chi connectivity index (χ3v) is 20.6. The highest BCUT2D eigenvalue weighted by Crippen LogP contribution is 2.46. The van der Waals surface area contributed by atoms with E-state index in [1.807, 2.05) is 11.3 Å². The van der Waals surface area contributed by atoms with Crippen LogP contribution in [0.3, 0.4) is 0 Å². The number of unbranched alkanes of at least 4 members (excludes halogenated alkanes) is 30. The first-order chi connectivity index (χ1) is 43.0. The van der Waals surface area contributed by atoms with Crippen LogP contribution in [0.4, 0.5) is 0 Å². The predicted molar refractivity (Wildman–Crippen MR) is 385 cm³/mol. The summed E-state index contributed by atoms with van der Waals surface area (Å²) in [7, 11) is 0. The lowest BCUT2D eigenvalue weighted by molar-refractivity contribution is 0.606. The average molecular weight is 1190 g/mol. The normalized spacial score (nSPS) is 12.1. The molecule has 9 rings (SSSR count). The molecule has 0 saturated heterocycles. The van der Waals surface area contributed by atoms with E-state index < -0.39 is 0 Å². The van der Waals surface area contributed by atoms with Gasteiger partial charge in [-0.15, -0.1) is 0 Å². The molecule has 6 heterocycles. The van der Waals surface area contributed by atoms with Crippen LogP contribution < -0.4 is 0 Å². The molecule has 3 aromatic carbocycles. The van der Waals surface area contributed by atoms with Gasteiger partial charge in [0.1, 0.15) is 0 Å². The number of aromatic amines is 2. The highest BCUT2D eigenvalue weighted by Gasteiger charge is 2.26. The number of hydrogen-bond donors (Lipinski definition) is 2. The quantitative estimate of drug-likeness (QED) is 0.0375. The molecule has 0 aliphatic carbocycles. The zero-order valence-corrected chi connectivity index (χ0v) is 56.7. The first-order valence-electron chi connectivity index (χ1n) is 36.8. The van der Waals surface area contributed by atoms with Crippen LogP contribution in [0.5, 0.6) is 0 Å². The van der Waals surface area contributed by atoms with Gasteiger partial charge < -0.3 is 9.97 Å². The third kappa shape index (κ3) is 17.9. The van der Waals surface area contributed by atoms with Crippen molar-refractivity contribution in [2.24, 2.45) is 0 Å². The number of fused-ring (bicyclic) bond motifs is 20. The number of rotatable bonds is 42. The van der Waals surface area contributed by atoms with Gasteiger partial charge in [-0.1, -0.05) is 271 Å². The number of aromatic nitrogens is 4. The Kier molecular flexibility index (Phi) is 27.5. The number of benzene rings is 3. The van der Waals surface area contributed by atoms with Crippen LogP contribution >= 0.6 is 11.3 Å². The lowest BCUT2D eigenvalue weighted by Crippen LogP contribution is -1.97. The van der Waals surface area contributed by atoms with Crippen molar-refractivity contribution in [3.63, 3.8) is 0 Å². The van der Waals surface area contributed by atoms with Gasteiger partial charge in [0.15, 0.2) is 0 Å². The summed E-state index contributed by atoms with van der Waals surface area (Å²) in [6.45, 7) is 14.0. The van der Waals surface area contributed by atoms with Crippen LogP contribution in [0.15, 0.2) is 71.4 Å². The summed E-state index contributed by atoms with van der Waals surface area (Å²) in [5.41, 5.74) is 23.5. The highest BCUT2D eigenvalue weighted by atomic mass is 32.1. The number of thiophene rings is 1. The average Bonchev–Trinajstić information content (AvgIpc) is 1.85. The van der Waals surface area contributed by atoms with E-state index in [-0.39, 0.29) is 0 Å². The van der Waals surface area contributed by atoms with E-state index >= 15 is 0 Å². The minimum absolute atomic E-state index is 1.07. The largest absolute Gasteiger partial charge is 0.354 e. The van der Waals surface area contributed by atoms with Gasteiger partial charge >= 0.3 is 0 Å². The second kappa shape index (κ2) is 36.0. The monoisotopic (exact) mass is 1190 g/mol. The van der Waals surface area contributed by atoms with E-state index in [4.69, 9.17) is 9.97 Å². The molecule has 470 valence electrons. The Labute approximate surface area is 532 Å². The zero-order chi connectivity index (χ0) is 60.4. The Hall–Kier alpha value is -5.00. The molecule has 4 nitrogen and oxygen atoms in total. The molecule has 0 radical (unpaired) electrons. The Morgan fingerprint density at radius 1 is 0.264 bits per heavy atom. The van der Waals surface area contributed by atoms with E-state index in [2.05, 4.69) is 123 Å². The van der Waals surface area contributed by atoms with Gasteiger partial charge in [0.2, 0.25) is 0 Å². The van der Waals surface area contributed by atoms with Crippen LogP contribution in [-0.2, 0) is 38.5 Å². The van der Waals surface area contributed by atoms with E-state index in [0.717, 1.165) is 61.3 Å². The Balaban J connectivity index is 1.34. The topological polar surface area (TPSA) is 57.4 Å². The lowest BCUT2D eigenvalue weighted by atomic mass is 9.88. The van der Waals surface area contributed by atoms with Crippen LogP contribution in [0.1, 0.15) is 306 Å². The Bertz CT molecular complexity index is 3160. The molecule has 87 heavy (non-hydrogen) atoms. The van der Waals surface area contributed by atoms with Crippen molar-refractivity contribution in [3.8, 4) is 45.0 Å². The molecule has 0 fully saturated rings. The highest BCUT2D eigenvalue weighted by molar-refractivity contribution is 7.08. The SMILES string of the molecule is CCCCCCCCc1ccc(CCCCCCCC)c2c1-c1cc3[nH]c(cc4nc(cc5[nH]c(cc-2n1)c1c(CCCCCCCC)ccc(CCCCCCCC)c51)-c1cscc1-4)c1c(CCCCCCCC)ccc(CCCCCCCC)c31. The van der Waals surface area contributed by atoms with Crippen LogP contribution in [0.25, 0.3) is 88.6 Å². The zero-order valence-electron chi connectivity index (χ0n) is 55.9. The molecule has 2 aliphatic rings. The molecule has 0 spiro atoms. The fourth-order valence-corrected chi connectivity index (χ4v) is 15.7. The summed E-state index contributed by atoms with van der Waals surface area (Å²) in [4.78, 5) is 20.4. The van der Waals surface area contributed by atoms with Gasteiger partial charge in [0.05, 0.1) is 22.8 Å². The fraction of sp³-hybridized carbons (Fsp3) is 0.585. The first-order valence-corrected chi connectivity index (χ1v) is 37.8. The van der Waals surface area contributed by atoms with Crippen molar-refractivity contribution in [1.29, 1.82) is 0 Å². The molecule has 4 aromatic heterocycles. The molecule has 0 unspecified atom stereocenters. The molecule has 5 heteroatoms. The van der Waals surface area contributed by atoms with Crippen molar-refractivity contribution in [1.82, 2.24) is 19.9 Å². The summed E-state index contributed by atoms with van der Waals surface area (Å²) in [6, 6.07) is 25.2. The van der Waals surface area contributed by atoms with Crippen LogP contribution in [0.2, 0.25) is 0 Å². The number of H-pyrrole nitrogens is 2.